The summed E-state index contributed by atoms with van der Waals surface area (Å²) in [5, 5.41) is 4.58. The Morgan fingerprint density at radius 3 is 2.33 bits per heavy atom. The first-order chi connectivity index (χ1) is 14.6. The van der Waals surface area contributed by atoms with Crippen LogP contribution < -0.4 is 9.47 Å². The second-order valence-corrected chi connectivity index (χ2v) is 6.51. The van der Waals surface area contributed by atoms with Gasteiger partial charge in [0.1, 0.15) is 11.3 Å². The molecular weight excluding hydrogens is 388 g/mol. The van der Waals surface area contributed by atoms with Crippen LogP contribution in [0.4, 0.5) is 0 Å². The highest BCUT2D eigenvalue weighted by atomic mass is 16.5. The number of methoxy groups -OCH3 is 2. The van der Waals surface area contributed by atoms with E-state index in [-0.39, 0.29) is 17.0 Å². The molecule has 8 heteroatoms. The maximum Gasteiger partial charge on any atom is 0.357 e. The maximum atomic E-state index is 12.7. The van der Waals surface area contributed by atoms with Crippen LogP contribution in [-0.4, -0.2) is 49.2 Å². The number of benzene rings is 2. The van der Waals surface area contributed by atoms with E-state index in [1.807, 2.05) is 18.2 Å². The molecule has 0 saturated heterocycles. The molecule has 2 heterocycles. The largest absolute Gasteiger partial charge is 0.490 e. The van der Waals surface area contributed by atoms with E-state index in [9.17, 15) is 9.59 Å². The Kier molecular flexibility index (Phi) is 5.38. The molecular formula is C22H20N2O6. The van der Waals surface area contributed by atoms with Crippen molar-refractivity contribution in [3.05, 3.63) is 59.8 Å². The van der Waals surface area contributed by atoms with E-state index in [2.05, 4.69) is 5.10 Å². The van der Waals surface area contributed by atoms with Crippen LogP contribution in [0.15, 0.2) is 48.5 Å². The van der Waals surface area contributed by atoms with Gasteiger partial charge in [0.05, 0.1) is 33.1 Å². The number of hydrogen-bond donors (Lipinski definition) is 0. The van der Waals surface area contributed by atoms with Crippen molar-refractivity contribution in [2.24, 2.45) is 0 Å². The zero-order chi connectivity index (χ0) is 21.1. The van der Waals surface area contributed by atoms with Gasteiger partial charge in [0.25, 0.3) is 0 Å². The summed E-state index contributed by atoms with van der Waals surface area (Å²) in [7, 11) is 2.50. The number of carbonyl (C=O) groups excluding carboxylic acids is 2. The number of hydrogen-bond acceptors (Lipinski definition) is 7. The third-order valence-corrected chi connectivity index (χ3v) is 4.68. The Labute approximate surface area is 172 Å². The van der Waals surface area contributed by atoms with Crippen LogP contribution in [0.2, 0.25) is 0 Å². The molecule has 30 heavy (non-hydrogen) atoms. The normalized spacial score (nSPS) is 12.7. The molecule has 2 aromatic carbocycles. The third-order valence-electron chi connectivity index (χ3n) is 4.68. The molecule has 1 aromatic heterocycles. The summed E-state index contributed by atoms with van der Waals surface area (Å²) in [6.07, 6.45) is 0.770. The average Bonchev–Trinajstić information content (AvgIpc) is 3.04. The van der Waals surface area contributed by atoms with Crippen LogP contribution in [0.25, 0.3) is 16.9 Å². The van der Waals surface area contributed by atoms with E-state index < -0.39 is 11.9 Å². The third kappa shape index (κ3) is 3.47. The first-order valence-electron chi connectivity index (χ1n) is 9.39. The van der Waals surface area contributed by atoms with Crippen LogP contribution in [0, 0.1) is 0 Å². The Bertz CT molecular complexity index is 1090. The molecule has 0 radical (unpaired) electrons. The van der Waals surface area contributed by atoms with E-state index in [4.69, 9.17) is 18.9 Å². The summed E-state index contributed by atoms with van der Waals surface area (Å²) in [6.45, 7) is 1.08. The molecule has 0 amide bonds. The monoisotopic (exact) mass is 408 g/mol. The minimum atomic E-state index is -0.702. The molecule has 0 atom stereocenters. The second-order valence-electron chi connectivity index (χ2n) is 6.51. The molecule has 0 spiro atoms. The van der Waals surface area contributed by atoms with E-state index in [0.717, 1.165) is 6.42 Å². The molecule has 0 bridgehead atoms. The summed E-state index contributed by atoms with van der Waals surface area (Å²) >= 11 is 0. The van der Waals surface area contributed by atoms with Gasteiger partial charge in [0, 0.05) is 12.0 Å². The number of fused-ring (bicyclic) bond motifs is 1. The molecule has 8 nitrogen and oxygen atoms in total. The predicted octanol–water partition coefficient (Wildman–Crippen LogP) is 3.27. The summed E-state index contributed by atoms with van der Waals surface area (Å²) < 4.78 is 22.7. The van der Waals surface area contributed by atoms with Crippen molar-refractivity contribution in [1.29, 1.82) is 0 Å². The van der Waals surface area contributed by atoms with Gasteiger partial charge in [0.2, 0.25) is 0 Å². The maximum absolute atomic E-state index is 12.7. The van der Waals surface area contributed by atoms with Gasteiger partial charge in [-0.15, -0.1) is 0 Å². The molecule has 0 N–H and O–H groups in total. The van der Waals surface area contributed by atoms with Crippen LogP contribution >= 0.6 is 0 Å². The van der Waals surface area contributed by atoms with Crippen molar-refractivity contribution in [3.63, 3.8) is 0 Å². The van der Waals surface area contributed by atoms with Gasteiger partial charge in [-0.1, -0.05) is 18.2 Å². The predicted molar refractivity (Wildman–Crippen MR) is 107 cm³/mol. The van der Waals surface area contributed by atoms with Gasteiger partial charge in [-0.2, -0.15) is 5.10 Å². The molecule has 0 unspecified atom stereocenters. The fraction of sp³-hybridized carbons (Fsp3) is 0.227. The van der Waals surface area contributed by atoms with E-state index in [0.29, 0.717) is 36.0 Å². The van der Waals surface area contributed by atoms with Gasteiger partial charge in [0.15, 0.2) is 17.2 Å². The highest BCUT2D eigenvalue weighted by Crippen LogP contribution is 2.36. The Balaban J connectivity index is 1.96. The average molecular weight is 408 g/mol. The molecule has 1 aliphatic rings. The van der Waals surface area contributed by atoms with E-state index >= 15 is 0 Å². The van der Waals surface area contributed by atoms with Crippen molar-refractivity contribution >= 4 is 11.9 Å². The summed E-state index contributed by atoms with van der Waals surface area (Å²) in [5.41, 5.74) is 1.46. The van der Waals surface area contributed by atoms with Crippen LogP contribution in [0.1, 0.15) is 27.3 Å². The fourth-order valence-electron chi connectivity index (χ4n) is 3.27. The summed E-state index contributed by atoms with van der Waals surface area (Å²) in [6, 6.07) is 14.3. The summed E-state index contributed by atoms with van der Waals surface area (Å²) in [4.78, 5) is 25.3. The van der Waals surface area contributed by atoms with Crippen molar-refractivity contribution in [2.45, 2.75) is 6.42 Å². The zero-order valence-electron chi connectivity index (χ0n) is 16.6. The molecule has 0 fully saturated rings. The summed E-state index contributed by atoms with van der Waals surface area (Å²) in [5.74, 6) is -0.228. The Hall–Kier alpha value is -3.81. The Morgan fingerprint density at radius 2 is 1.63 bits per heavy atom. The minimum absolute atomic E-state index is 0.0161. The van der Waals surface area contributed by atoms with Crippen LogP contribution in [0.3, 0.4) is 0 Å². The van der Waals surface area contributed by atoms with Gasteiger partial charge >= 0.3 is 11.9 Å². The van der Waals surface area contributed by atoms with Crippen LogP contribution in [-0.2, 0) is 9.47 Å². The van der Waals surface area contributed by atoms with E-state index in [1.54, 1.807) is 30.3 Å². The topological polar surface area (TPSA) is 88.9 Å². The van der Waals surface area contributed by atoms with Gasteiger partial charge in [-0.25, -0.2) is 14.3 Å². The zero-order valence-corrected chi connectivity index (χ0v) is 16.6. The fourth-order valence-corrected chi connectivity index (χ4v) is 3.27. The molecule has 0 saturated carbocycles. The van der Waals surface area contributed by atoms with Crippen molar-refractivity contribution in [1.82, 2.24) is 9.78 Å². The number of rotatable bonds is 4. The lowest BCUT2D eigenvalue weighted by atomic mass is 10.0. The second kappa shape index (κ2) is 8.28. The number of ether oxygens (including phenoxy) is 4. The van der Waals surface area contributed by atoms with Crippen LogP contribution in [0.5, 0.6) is 11.5 Å². The quantitative estimate of drug-likeness (QED) is 0.612. The number of para-hydroxylation sites is 1. The molecule has 3 aromatic rings. The number of carbonyl (C=O) groups is 2. The van der Waals surface area contributed by atoms with Crippen molar-refractivity contribution in [2.75, 3.05) is 27.4 Å². The van der Waals surface area contributed by atoms with Crippen molar-refractivity contribution in [3.8, 4) is 28.4 Å². The molecule has 0 aliphatic carbocycles. The Morgan fingerprint density at radius 1 is 0.933 bits per heavy atom. The SMILES string of the molecule is COC(=O)c1c(-c2ccc3c(c2)OCCCO3)nn(-c2ccccc2)c1C(=O)OC. The molecule has 4 rings (SSSR count). The lowest BCUT2D eigenvalue weighted by Crippen LogP contribution is -2.15. The highest BCUT2D eigenvalue weighted by Gasteiger charge is 2.31. The van der Waals surface area contributed by atoms with Gasteiger partial charge in [-0.05, 0) is 30.3 Å². The van der Waals surface area contributed by atoms with E-state index in [1.165, 1.54) is 18.9 Å². The lowest BCUT2D eigenvalue weighted by Gasteiger charge is -2.09. The molecule has 1 aliphatic heterocycles. The van der Waals surface area contributed by atoms with Crippen molar-refractivity contribution < 1.29 is 28.5 Å². The standard InChI is InChI=1S/C22H20N2O6/c1-27-21(25)18-19(14-9-10-16-17(13-14)30-12-6-11-29-16)23-24(20(18)22(26)28-2)15-7-4-3-5-8-15/h3-5,7-10,13H,6,11-12H2,1-2H3. The first-order valence-corrected chi connectivity index (χ1v) is 9.39. The lowest BCUT2D eigenvalue weighted by molar-refractivity contribution is 0.0549. The smallest absolute Gasteiger partial charge is 0.357 e. The number of aromatic nitrogens is 2. The first kappa shape index (κ1) is 19.5. The van der Waals surface area contributed by atoms with Gasteiger partial charge < -0.3 is 18.9 Å². The van der Waals surface area contributed by atoms with Gasteiger partial charge in [-0.3, -0.25) is 0 Å². The highest BCUT2D eigenvalue weighted by molar-refractivity contribution is 6.06. The number of nitrogens with zero attached hydrogens (tertiary/aromatic N) is 2. The number of esters is 2. The molecule has 154 valence electrons. The minimum Gasteiger partial charge on any atom is -0.490 e.